The molecule has 1 aromatic heterocycles. The summed E-state index contributed by atoms with van der Waals surface area (Å²) in [5.74, 6) is 1.26. The molecule has 0 aliphatic carbocycles. The number of ether oxygens (including phenoxy) is 1. The maximum atomic E-state index is 5.67. The van der Waals surface area contributed by atoms with Crippen molar-refractivity contribution in [1.82, 2.24) is 9.88 Å². The highest BCUT2D eigenvalue weighted by Crippen LogP contribution is 2.15. The van der Waals surface area contributed by atoms with Gasteiger partial charge < -0.3 is 15.4 Å². The van der Waals surface area contributed by atoms with Crippen LogP contribution in [-0.2, 0) is 11.3 Å². The van der Waals surface area contributed by atoms with Crippen LogP contribution in [0.25, 0.3) is 0 Å². The maximum Gasteiger partial charge on any atom is 0.123 e. The molecule has 17 heavy (non-hydrogen) atoms. The van der Waals surface area contributed by atoms with Gasteiger partial charge in [-0.15, -0.1) is 0 Å². The first kappa shape index (κ1) is 12.3. The maximum absolute atomic E-state index is 5.67. The molecule has 0 amide bonds. The van der Waals surface area contributed by atoms with Crippen LogP contribution in [-0.4, -0.2) is 36.7 Å². The van der Waals surface area contributed by atoms with E-state index in [0.29, 0.717) is 11.7 Å². The van der Waals surface area contributed by atoms with Gasteiger partial charge in [0.2, 0.25) is 0 Å². The Bertz CT molecular complexity index is 350. The molecule has 2 N–H and O–H groups in total. The van der Waals surface area contributed by atoms with Crippen LogP contribution in [0.2, 0.25) is 0 Å². The van der Waals surface area contributed by atoms with Crippen molar-refractivity contribution in [3.8, 4) is 0 Å². The molecular weight excluding hydrogens is 214 g/mol. The van der Waals surface area contributed by atoms with Crippen molar-refractivity contribution in [3.63, 3.8) is 0 Å². The third-order valence-electron chi connectivity index (χ3n) is 3.08. The fourth-order valence-electron chi connectivity index (χ4n) is 2.32. The molecule has 0 spiro atoms. The van der Waals surface area contributed by atoms with Crippen molar-refractivity contribution in [1.29, 1.82) is 0 Å². The minimum atomic E-state index is 0.594. The zero-order chi connectivity index (χ0) is 12.1. The lowest BCUT2D eigenvalue weighted by Gasteiger charge is -2.26. The van der Waals surface area contributed by atoms with Crippen molar-refractivity contribution in [3.05, 3.63) is 23.9 Å². The van der Waals surface area contributed by atoms with E-state index < -0.39 is 0 Å². The topological polar surface area (TPSA) is 51.4 Å². The fourth-order valence-corrected chi connectivity index (χ4v) is 2.32. The van der Waals surface area contributed by atoms with E-state index in [2.05, 4.69) is 16.9 Å². The van der Waals surface area contributed by atoms with Crippen molar-refractivity contribution in [2.45, 2.75) is 19.4 Å². The molecule has 2 rings (SSSR count). The first-order valence-corrected chi connectivity index (χ1v) is 6.22. The summed E-state index contributed by atoms with van der Waals surface area (Å²) in [7, 11) is 2.12. The highest BCUT2D eigenvalue weighted by molar-refractivity contribution is 5.28. The van der Waals surface area contributed by atoms with Crippen LogP contribution < -0.4 is 5.73 Å². The molecule has 1 fully saturated rings. The van der Waals surface area contributed by atoms with Gasteiger partial charge in [-0.1, -0.05) is 6.07 Å². The number of nitrogens with two attached hydrogens (primary N) is 1. The molecule has 1 aliphatic rings. The van der Waals surface area contributed by atoms with Gasteiger partial charge in [0, 0.05) is 19.7 Å². The van der Waals surface area contributed by atoms with Crippen molar-refractivity contribution in [2.24, 2.45) is 5.92 Å². The van der Waals surface area contributed by atoms with Gasteiger partial charge in [-0.2, -0.15) is 0 Å². The minimum absolute atomic E-state index is 0.594. The van der Waals surface area contributed by atoms with E-state index in [4.69, 9.17) is 10.5 Å². The average molecular weight is 235 g/mol. The Labute approximate surface area is 103 Å². The quantitative estimate of drug-likeness (QED) is 0.859. The van der Waals surface area contributed by atoms with E-state index in [1.807, 2.05) is 18.2 Å². The molecule has 0 saturated carbocycles. The largest absolute Gasteiger partial charge is 0.384 e. The number of aromatic nitrogens is 1. The number of hydrogen-bond acceptors (Lipinski definition) is 4. The van der Waals surface area contributed by atoms with Gasteiger partial charge in [-0.3, -0.25) is 0 Å². The first-order valence-electron chi connectivity index (χ1n) is 6.22. The van der Waals surface area contributed by atoms with Gasteiger partial charge in [0.25, 0.3) is 0 Å². The summed E-state index contributed by atoms with van der Waals surface area (Å²) in [5.41, 5.74) is 6.70. The van der Waals surface area contributed by atoms with Gasteiger partial charge >= 0.3 is 0 Å². The molecule has 0 aromatic carbocycles. The lowest BCUT2D eigenvalue weighted by molar-refractivity contribution is 0.0410. The van der Waals surface area contributed by atoms with Crippen LogP contribution in [0.4, 0.5) is 5.82 Å². The van der Waals surface area contributed by atoms with Gasteiger partial charge in [-0.25, -0.2) is 4.98 Å². The summed E-state index contributed by atoms with van der Waals surface area (Å²) in [5, 5.41) is 0. The molecule has 2 heterocycles. The minimum Gasteiger partial charge on any atom is -0.384 e. The van der Waals surface area contributed by atoms with Crippen molar-refractivity contribution < 1.29 is 4.74 Å². The van der Waals surface area contributed by atoms with Gasteiger partial charge in [0.15, 0.2) is 0 Å². The highest BCUT2D eigenvalue weighted by Gasteiger charge is 2.16. The van der Waals surface area contributed by atoms with Crippen molar-refractivity contribution in [2.75, 3.05) is 32.5 Å². The molecule has 4 heteroatoms. The lowest BCUT2D eigenvalue weighted by atomic mass is 10.0. The standard InChI is InChI=1S/C13H21N3O/c1-16(8-11-4-3-7-17-10-11)9-12-5-2-6-13(14)15-12/h2,5-6,11H,3-4,7-10H2,1H3,(H2,14,15). The second-order valence-electron chi connectivity index (χ2n) is 4.83. The smallest absolute Gasteiger partial charge is 0.123 e. The normalized spacial score (nSPS) is 20.7. The molecule has 1 saturated heterocycles. The van der Waals surface area contributed by atoms with E-state index in [9.17, 15) is 0 Å². The Kier molecular flexibility index (Phi) is 4.34. The molecule has 1 atom stereocenters. The second kappa shape index (κ2) is 5.98. The summed E-state index contributed by atoms with van der Waals surface area (Å²) in [6.45, 7) is 3.74. The Morgan fingerprint density at radius 2 is 2.41 bits per heavy atom. The third-order valence-corrected chi connectivity index (χ3v) is 3.08. The van der Waals surface area contributed by atoms with E-state index in [1.165, 1.54) is 12.8 Å². The molecule has 1 aliphatic heterocycles. The SMILES string of the molecule is CN(Cc1cccc(N)n1)CC1CCCOC1. The number of rotatable bonds is 4. The van der Waals surface area contributed by atoms with Gasteiger partial charge in [0.05, 0.1) is 12.3 Å². The Morgan fingerprint density at radius 1 is 1.53 bits per heavy atom. The zero-order valence-electron chi connectivity index (χ0n) is 10.4. The van der Waals surface area contributed by atoms with Gasteiger partial charge in [0.1, 0.15) is 5.82 Å². The summed E-state index contributed by atoms with van der Waals surface area (Å²) in [4.78, 5) is 6.60. The lowest BCUT2D eigenvalue weighted by Crippen LogP contribution is -2.30. The van der Waals surface area contributed by atoms with Crippen LogP contribution in [0.5, 0.6) is 0 Å². The Morgan fingerprint density at radius 3 is 3.12 bits per heavy atom. The Hall–Kier alpha value is -1.13. The van der Waals surface area contributed by atoms with Gasteiger partial charge in [-0.05, 0) is 37.9 Å². The van der Waals surface area contributed by atoms with Crippen LogP contribution in [0, 0.1) is 5.92 Å². The first-order chi connectivity index (χ1) is 8.24. The predicted octanol–water partition coefficient (Wildman–Crippen LogP) is 1.52. The number of pyridine rings is 1. The van der Waals surface area contributed by atoms with Crippen molar-refractivity contribution >= 4 is 5.82 Å². The molecule has 4 nitrogen and oxygen atoms in total. The third kappa shape index (κ3) is 3.98. The average Bonchev–Trinajstić information content (AvgIpc) is 2.30. The molecule has 0 bridgehead atoms. The second-order valence-corrected chi connectivity index (χ2v) is 4.83. The number of anilines is 1. The molecule has 94 valence electrons. The zero-order valence-corrected chi connectivity index (χ0v) is 10.4. The summed E-state index contributed by atoms with van der Waals surface area (Å²) < 4.78 is 5.49. The number of nitrogens with zero attached hydrogens (tertiary/aromatic N) is 2. The molecule has 1 unspecified atom stereocenters. The Balaban J connectivity index is 1.82. The number of nitrogen functional groups attached to an aromatic ring is 1. The van der Waals surface area contributed by atoms with E-state index >= 15 is 0 Å². The predicted molar refractivity (Wildman–Crippen MR) is 68.5 cm³/mol. The fraction of sp³-hybridized carbons (Fsp3) is 0.615. The van der Waals surface area contributed by atoms with E-state index in [0.717, 1.165) is 32.0 Å². The summed E-state index contributed by atoms with van der Waals surface area (Å²) in [6.07, 6.45) is 2.46. The van der Waals surface area contributed by atoms with E-state index in [1.54, 1.807) is 0 Å². The van der Waals surface area contributed by atoms with Crippen LogP contribution in [0.15, 0.2) is 18.2 Å². The van der Waals surface area contributed by atoms with Crippen LogP contribution >= 0.6 is 0 Å². The molecule has 1 aromatic rings. The summed E-state index contributed by atoms with van der Waals surface area (Å²) >= 11 is 0. The van der Waals surface area contributed by atoms with Crippen LogP contribution in [0.3, 0.4) is 0 Å². The molecule has 0 radical (unpaired) electrons. The van der Waals surface area contributed by atoms with Crippen LogP contribution in [0.1, 0.15) is 18.5 Å². The van der Waals surface area contributed by atoms with E-state index in [-0.39, 0.29) is 0 Å². The molecular formula is C13H21N3O. The monoisotopic (exact) mass is 235 g/mol. The highest BCUT2D eigenvalue weighted by atomic mass is 16.5. The summed E-state index contributed by atoms with van der Waals surface area (Å²) in [6, 6.07) is 5.79. The number of hydrogen-bond donors (Lipinski definition) is 1.